The summed E-state index contributed by atoms with van der Waals surface area (Å²) >= 11 is 0. The average molecular weight is 385 g/mol. The van der Waals surface area contributed by atoms with Crippen molar-refractivity contribution in [2.24, 2.45) is 5.92 Å². The Morgan fingerprint density at radius 3 is 2.78 bits per heavy atom. The van der Waals surface area contributed by atoms with Crippen LogP contribution >= 0.6 is 0 Å². The number of piperidine rings is 1. The Balaban J connectivity index is 1.60. The lowest BCUT2D eigenvalue weighted by atomic mass is 9.93. The number of halogens is 3. The quantitative estimate of drug-likeness (QED) is 0.705. The molecule has 2 aliphatic heterocycles. The normalized spacial score (nSPS) is 21.9. The lowest BCUT2D eigenvalue weighted by Gasteiger charge is -2.37. The molecule has 3 rings (SSSR count). The summed E-state index contributed by atoms with van der Waals surface area (Å²) in [6.07, 6.45) is 2.18. The number of hydrogen-bond donors (Lipinski definition) is 0. The number of anilines is 1. The molecule has 1 aromatic heterocycles. The number of carbonyl (C=O) groups excluding carboxylic acids is 1. The summed E-state index contributed by atoms with van der Waals surface area (Å²) in [4.78, 5) is 19.1. The fraction of sp³-hybridized carbons (Fsp3) is 0.684. The first-order chi connectivity index (χ1) is 13.0. The zero-order valence-corrected chi connectivity index (χ0v) is 15.3. The first-order valence-electron chi connectivity index (χ1n) is 9.55. The van der Waals surface area contributed by atoms with Crippen LogP contribution < -0.4 is 4.90 Å². The predicted octanol–water partition coefficient (Wildman–Crippen LogP) is 3.34. The number of amides is 1. The van der Waals surface area contributed by atoms with Crippen LogP contribution in [-0.4, -0.2) is 55.2 Å². The molecule has 0 N–H and O–H groups in total. The van der Waals surface area contributed by atoms with Crippen molar-refractivity contribution in [2.75, 3.05) is 37.7 Å². The largest absolute Gasteiger partial charge is 0.419 e. The standard InChI is InChI=1S/C19H26F3N3O2/c20-19(21,22)17-4-1-8-23-18(17)24-9-2-3-15(13-24)5-10-25(14-26)16-6-11-27-12-7-16/h1,4,8,14-16H,2-3,5-7,9-13H2/t15-/m0/s1. The van der Waals surface area contributed by atoms with E-state index >= 15 is 0 Å². The summed E-state index contributed by atoms with van der Waals surface area (Å²) in [6.45, 7) is 3.10. The number of hydrogen-bond acceptors (Lipinski definition) is 4. The number of nitrogens with zero attached hydrogens (tertiary/aromatic N) is 3. The van der Waals surface area contributed by atoms with Gasteiger partial charge in [0.2, 0.25) is 6.41 Å². The average Bonchev–Trinajstić information content (AvgIpc) is 2.69. The Labute approximate surface area is 157 Å². The molecule has 0 unspecified atom stereocenters. The zero-order valence-electron chi connectivity index (χ0n) is 15.3. The molecule has 0 aliphatic carbocycles. The summed E-state index contributed by atoms with van der Waals surface area (Å²) in [7, 11) is 0. The highest BCUT2D eigenvalue weighted by Crippen LogP contribution is 2.36. The zero-order chi connectivity index (χ0) is 19.3. The van der Waals surface area contributed by atoms with E-state index < -0.39 is 11.7 Å². The lowest BCUT2D eigenvalue weighted by molar-refractivity contribution is -0.137. The molecule has 1 amide bonds. The second-order valence-electron chi connectivity index (χ2n) is 7.30. The Morgan fingerprint density at radius 1 is 1.30 bits per heavy atom. The van der Waals surface area contributed by atoms with Gasteiger partial charge in [-0.1, -0.05) is 0 Å². The van der Waals surface area contributed by atoms with Crippen molar-refractivity contribution < 1.29 is 22.7 Å². The molecular weight excluding hydrogens is 359 g/mol. The van der Waals surface area contributed by atoms with E-state index in [0.29, 0.717) is 32.8 Å². The summed E-state index contributed by atoms with van der Waals surface area (Å²) in [6, 6.07) is 2.62. The van der Waals surface area contributed by atoms with Gasteiger partial charge < -0.3 is 14.5 Å². The van der Waals surface area contributed by atoms with E-state index in [1.165, 1.54) is 12.3 Å². The lowest BCUT2D eigenvalue weighted by Crippen LogP contribution is -2.42. The molecule has 2 aliphatic rings. The predicted molar refractivity (Wildman–Crippen MR) is 95.4 cm³/mol. The first-order valence-corrected chi connectivity index (χ1v) is 9.55. The molecule has 5 nitrogen and oxygen atoms in total. The molecule has 150 valence electrons. The minimum atomic E-state index is -4.41. The van der Waals surface area contributed by atoms with Crippen molar-refractivity contribution in [3.05, 3.63) is 23.9 Å². The summed E-state index contributed by atoms with van der Waals surface area (Å²) in [5, 5.41) is 0. The maximum atomic E-state index is 13.3. The van der Waals surface area contributed by atoms with Gasteiger partial charge in [0.25, 0.3) is 0 Å². The third-order valence-electron chi connectivity index (χ3n) is 5.50. The fourth-order valence-corrected chi connectivity index (χ4v) is 4.03. The number of aromatic nitrogens is 1. The Morgan fingerprint density at radius 2 is 2.07 bits per heavy atom. The molecule has 8 heteroatoms. The molecule has 0 radical (unpaired) electrons. The Bertz CT molecular complexity index is 620. The van der Waals surface area contributed by atoms with Crippen LogP contribution in [0.2, 0.25) is 0 Å². The Kier molecular flexibility index (Phi) is 6.57. The smallest absolute Gasteiger partial charge is 0.381 e. The number of alkyl halides is 3. The summed E-state index contributed by atoms with van der Waals surface area (Å²) < 4.78 is 45.2. The molecule has 2 saturated heterocycles. The van der Waals surface area contributed by atoms with Crippen molar-refractivity contribution in [1.82, 2.24) is 9.88 Å². The van der Waals surface area contributed by atoms with Crippen LogP contribution in [-0.2, 0) is 15.7 Å². The van der Waals surface area contributed by atoms with Crippen LogP contribution in [0, 0.1) is 5.92 Å². The maximum Gasteiger partial charge on any atom is 0.419 e. The topological polar surface area (TPSA) is 45.7 Å². The molecule has 1 aromatic rings. The highest BCUT2D eigenvalue weighted by atomic mass is 19.4. The molecule has 0 spiro atoms. The van der Waals surface area contributed by atoms with Crippen molar-refractivity contribution in [2.45, 2.75) is 44.3 Å². The molecule has 2 fully saturated rings. The van der Waals surface area contributed by atoms with Crippen LogP contribution in [0.3, 0.4) is 0 Å². The molecular formula is C19H26F3N3O2. The van der Waals surface area contributed by atoms with E-state index in [2.05, 4.69) is 4.98 Å². The molecule has 0 aromatic carbocycles. The van der Waals surface area contributed by atoms with E-state index in [9.17, 15) is 18.0 Å². The van der Waals surface area contributed by atoms with Crippen molar-refractivity contribution in [3.8, 4) is 0 Å². The molecule has 27 heavy (non-hydrogen) atoms. The fourth-order valence-electron chi connectivity index (χ4n) is 4.03. The van der Waals surface area contributed by atoms with Crippen molar-refractivity contribution in [1.29, 1.82) is 0 Å². The van der Waals surface area contributed by atoms with Gasteiger partial charge in [0.05, 0.1) is 5.56 Å². The molecule has 0 bridgehead atoms. The van der Waals surface area contributed by atoms with Crippen LogP contribution in [0.25, 0.3) is 0 Å². The highest BCUT2D eigenvalue weighted by Gasteiger charge is 2.36. The van der Waals surface area contributed by atoms with Gasteiger partial charge in [-0.15, -0.1) is 0 Å². The van der Waals surface area contributed by atoms with E-state index in [1.54, 1.807) is 4.90 Å². The van der Waals surface area contributed by atoms with Crippen molar-refractivity contribution in [3.63, 3.8) is 0 Å². The van der Waals surface area contributed by atoms with Crippen molar-refractivity contribution >= 4 is 12.2 Å². The second kappa shape index (κ2) is 8.91. The number of pyridine rings is 1. The first kappa shape index (κ1) is 19.9. The van der Waals surface area contributed by atoms with Crippen LogP contribution in [0.4, 0.5) is 19.0 Å². The summed E-state index contributed by atoms with van der Waals surface area (Å²) in [5.74, 6) is 0.274. The minimum absolute atomic E-state index is 0.0198. The van der Waals surface area contributed by atoms with Gasteiger partial charge in [-0.05, 0) is 50.2 Å². The third kappa shape index (κ3) is 5.12. The van der Waals surface area contributed by atoms with Gasteiger partial charge >= 0.3 is 6.18 Å². The molecule has 0 saturated carbocycles. The van der Waals surface area contributed by atoms with Gasteiger partial charge in [0.1, 0.15) is 5.82 Å². The minimum Gasteiger partial charge on any atom is -0.381 e. The Hall–Kier alpha value is -1.83. The molecule has 1 atom stereocenters. The number of rotatable bonds is 6. The third-order valence-corrected chi connectivity index (χ3v) is 5.50. The van der Waals surface area contributed by atoms with Gasteiger partial charge in [-0.3, -0.25) is 4.79 Å². The summed E-state index contributed by atoms with van der Waals surface area (Å²) in [5.41, 5.74) is -0.678. The van der Waals surface area contributed by atoms with Gasteiger partial charge in [-0.2, -0.15) is 13.2 Å². The monoisotopic (exact) mass is 385 g/mol. The highest BCUT2D eigenvalue weighted by molar-refractivity contribution is 5.49. The molecule has 3 heterocycles. The van der Waals surface area contributed by atoms with E-state index in [0.717, 1.165) is 44.6 Å². The second-order valence-corrected chi connectivity index (χ2v) is 7.30. The van der Waals surface area contributed by atoms with Gasteiger partial charge in [-0.25, -0.2) is 4.98 Å². The number of carbonyl (C=O) groups is 1. The van der Waals surface area contributed by atoms with Crippen LogP contribution in [0.1, 0.15) is 37.7 Å². The van der Waals surface area contributed by atoms with E-state index in [1.807, 2.05) is 4.90 Å². The van der Waals surface area contributed by atoms with Gasteiger partial charge in [0, 0.05) is 45.1 Å². The van der Waals surface area contributed by atoms with E-state index in [-0.39, 0.29) is 17.8 Å². The van der Waals surface area contributed by atoms with Crippen LogP contribution in [0.5, 0.6) is 0 Å². The van der Waals surface area contributed by atoms with E-state index in [4.69, 9.17) is 4.74 Å². The maximum absolute atomic E-state index is 13.3. The van der Waals surface area contributed by atoms with Crippen LogP contribution in [0.15, 0.2) is 18.3 Å². The van der Waals surface area contributed by atoms with Gasteiger partial charge in [0.15, 0.2) is 0 Å². The number of ether oxygens (including phenoxy) is 1. The SMILES string of the molecule is O=CN(CC[C@@H]1CCCN(c2ncccc2C(F)(F)F)C1)C1CCOCC1.